The van der Waals surface area contributed by atoms with Crippen molar-refractivity contribution in [1.82, 2.24) is 0 Å². The van der Waals surface area contributed by atoms with Crippen molar-refractivity contribution in [2.45, 2.75) is 147 Å². The molecular formula is C32H53NaO7S. The first-order chi connectivity index (χ1) is 19.3. The molecule has 1 rings (SSSR count). The average molecular weight is 605 g/mol. The molecule has 1 aromatic rings. The largest absolute Gasteiger partial charge is 1.00 e. The molecule has 0 radical (unpaired) electrons. The van der Waals surface area contributed by atoms with Crippen molar-refractivity contribution in [3.63, 3.8) is 0 Å². The molecule has 0 saturated carbocycles. The van der Waals surface area contributed by atoms with Crippen LogP contribution in [-0.2, 0) is 19.6 Å². The summed E-state index contributed by atoms with van der Waals surface area (Å²) >= 11 is 0. The molecular weight excluding hydrogens is 551 g/mol. The summed E-state index contributed by atoms with van der Waals surface area (Å²) in [5.74, 6) is -1.55. The number of hydrogen-bond donors (Lipinski definition) is 0. The zero-order valence-electron chi connectivity index (χ0n) is 26.1. The molecule has 0 amide bonds. The van der Waals surface area contributed by atoms with Gasteiger partial charge in [-0.1, -0.05) is 129 Å². The Morgan fingerprint density at radius 3 is 1.29 bits per heavy atom. The van der Waals surface area contributed by atoms with E-state index < -0.39 is 27.0 Å². The van der Waals surface area contributed by atoms with E-state index >= 15 is 0 Å². The second-order valence-electron chi connectivity index (χ2n) is 10.8. The van der Waals surface area contributed by atoms with Gasteiger partial charge in [-0.25, -0.2) is 18.0 Å². The molecule has 41 heavy (non-hydrogen) atoms. The molecule has 7 nitrogen and oxygen atoms in total. The summed E-state index contributed by atoms with van der Waals surface area (Å²) in [4.78, 5) is 24.9. The molecule has 0 heterocycles. The molecule has 0 aliphatic heterocycles. The molecule has 0 aliphatic rings. The molecule has 0 bridgehead atoms. The smallest absolute Gasteiger partial charge is 0.744 e. The van der Waals surface area contributed by atoms with Crippen LogP contribution in [-0.4, -0.2) is 38.1 Å². The minimum absolute atomic E-state index is 0. The molecule has 0 aromatic heterocycles. The van der Waals surface area contributed by atoms with Crippen LogP contribution in [0.3, 0.4) is 0 Å². The Bertz CT molecular complexity index is 934. The average Bonchev–Trinajstić information content (AvgIpc) is 2.93. The third-order valence-corrected chi connectivity index (χ3v) is 8.01. The fourth-order valence-electron chi connectivity index (χ4n) is 4.69. The first kappa shape index (κ1) is 40.1. The van der Waals surface area contributed by atoms with E-state index in [4.69, 9.17) is 9.47 Å². The predicted molar refractivity (Wildman–Crippen MR) is 159 cm³/mol. The Labute approximate surface area is 272 Å². The Hall–Kier alpha value is -0.930. The number of carbonyl (C=O) groups is 2. The van der Waals surface area contributed by atoms with E-state index in [0.717, 1.165) is 50.3 Å². The van der Waals surface area contributed by atoms with Gasteiger partial charge in [0.2, 0.25) is 0 Å². The third-order valence-electron chi connectivity index (χ3n) is 7.18. The van der Waals surface area contributed by atoms with Gasteiger partial charge in [0.1, 0.15) is 10.1 Å². The maximum atomic E-state index is 12.7. The molecule has 0 saturated heterocycles. The van der Waals surface area contributed by atoms with E-state index in [1.54, 1.807) is 0 Å². The van der Waals surface area contributed by atoms with Crippen molar-refractivity contribution in [2.24, 2.45) is 0 Å². The maximum Gasteiger partial charge on any atom is 1.00 e. The van der Waals surface area contributed by atoms with Crippen molar-refractivity contribution in [2.75, 3.05) is 13.2 Å². The molecule has 0 N–H and O–H groups in total. The van der Waals surface area contributed by atoms with Gasteiger partial charge in [0, 0.05) is 0 Å². The van der Waals surface area contributed by atoms with Crippen LogP contribution in [0, 0.1) is 0 Å². The third kappa shape index (κ3) is 19.8. The number of ether oxygens (including phenoxy) is 2. The van der Waals surface area contributed by atoms with E-state index in [9.17, 15) is 22.6 Å². The van der Waals surface area contributed by atoms with Gasteiger partial charge < -0.3 is 14.0 Å². The van der Waals surface area contributed by atoms with Gasteiger partial charge in [0.15, 0.2) is 0 Å². The SMILES string of the molecule is CCCCCCCCCCCCOC(=O)c1ccc(S(=O)(=O)[O-])cc1C(=O)OCCCCCCCCCCCC.[Na+]. The van der Waals surface area contributed by atoms with Crippen LogP contribution in [0.2, 0.25) is 0 Å². The molecule has 9 heteroatoms. The normalized spacial score (nSPS) is 11.2. The topological polar surface area (TPSA) is 110 Å². The predicted octanol–water partition coefficient (Wildman–Crippen LogP) is 5.75. The van der Waals surface area contributed by atoms with E-state index in [-0.39, 0.29) is 53.9 Å². The second-order valence-corrected chi connectivity index (χ2v) is 12.2. The maximum absolute atomic E-state index is 12.7. The first-order valence-corrected chi connectivity index (χ1v) is 17.2. The van der Waals surface area contributed by atoms with Crippen LogP contribution in [0.5, 0.6) is 0 Å². The minimum Gasteiger partial charge on any atom is -0.744 e. The van der Waals surface area contributed by atoms with Gasteiger partial charge >= 0.3 is 41.5 Å². The van der Waals surface area contributed by atoms with E-state index in [1.807, 2.05) is 0 Å². The van der Waals surface area contributed by atoms with Gasteiger partial charge in [-0.15, -0.1) is 0 Å². The van der Waals surface area contributed by atoms with Crippen molar-refractivity contribution in [1.29, 1.82) is 0 Å². The first-order valence-electron chi connectivity index (χ1n) is 15.8. The van der Waals surface area contributed by atoms with E-state index in [2.05, 4.69) is 13.8 Å². The Kier molecular flexibility index (Phi) is 25.0. The summed E-state index contributed by atoms with van der Waals surface area (Å²) < 4.78 is 45.2. The van der Waals surface area contributed by atoms with Crippen molar-refractivity contribution >= 4 is 22.1 Å². The van der Waals surface area contributed by atoms with Crippen LogP contribution in [0.4, 0.5) is 0 Å². The zero-order chi connectivity index (χ0) is 29.5. The number of unbranched alkanes of at least 4 members (excludes halogenated alkanes) is 18. The molecule has 0 unspecified atom stereocenters. The van der Waals surface area contributed by atoms with Gasteiger partial charge in [0.25, 0.3) is 0 Å². The molecule has 0 atom stereocenters. The van der Waals surface area contributed by atoms with Crippen LogP contribution >= 0.6 is 0 Å². The number of rotatable bonds is 25. The van der Waals surface area contributed by atoms with Crippen LogP contribution in [0.25, 0.3) is 0 Å². The van der Waals surface area contributed by atoms with Crippen molar-refractivity contribution < 1.29 is 61.6 Å². The van der Waals surface area contributed by atoms with Crippen LogP contribution < -0.4 is 29.6 Å². The summed E-state index contributed by atoms with van der Waals surface area (Å²) in [5.41, 5.74) is -0.343. The molecule has 0 spiro atoms. The summed E-state index contributed by atoms with van der Waals surface area (Å²) in [6.45, 7) is 4.80. The van der Waals surface area contributed by atoms with Gasteiger partial charge in [0.05, 0.1) is 29.2 Å². The van der Waals surface area contributed by atoms with Crippen LogP contribution in [0.1, 0.15) is 163 Å². The van der Waals surface area contributed by atoms with Crippen molar-refractivity contribution in [3.8, 4) is 0 Å². The van der Waals surface area contributed by atoms with Crippen molar-refractivity contribution in [3.05, 3.63) is 29.3 Å². The number of carbonyl (C=O) groups excluding carboxylic acids is 2. The summed E-state index contributed by atoms with van der Waals surface area (Å²) in [6, 6.07) is 3.10. The fourth-order valence-corrected chi connectivity index (χ4v) is 5.19. The number of benzene rings is 1. The summed E-state index contributed by atoms with van der Waals surface area (Å²) in [5, 5.41) is 0. The number of esters is 2. The molecule has 0 aliphatic carbocycles. The number of hydrogen-bond acceptors (Lipinski definition) is 7. The second kappa shape index (κ2) is 25.6. The van der Waals surface area contributed by atoms with Gasteiger partial charge in [-0.05, 0) is 31.0 Å². The fraction of sp³-hybridized carbons (Fsp3) is 0.750. The Morgan fingerprint density at radius 1 is 0.585 bits per heavy atom. The van der Waals surface area contributed by atoms with Crippen LogP contribution in [0.15, 0.2) is 23.1 Å². The molecule has 0 fully saturated rings. The molecule has 1 aromatic carbocycles. The van der Waals surface area contributed by atoms with E-state index in [0.29, 0.717) is 12.8 Å². The monoisotopic (exact) mass is 604 g/mol. The Balaban J connectivity index is 0.0000160. The standard InChI is InChI=1S/C32H54O7S.Na/c1-3-5-7-9-11-13-15-17-19-21-25-38-31(33)29-24-23-28(40(35,36)37)27-30(29)32(34)39-26-22-20-18-16-14-12-10-8-6-4-2;/h23-24,27H,3-22,25-26H2,1-2H3,(H,35,36,37);/q;+1/p-1. The minimum atomic E-state index is -4.80. The van der Waals surface area contributed by atoms with Gasteiger partial charge in [-0.3, -0.25) is 0 Å². The summed E-state index contributed by atoms with van der Waals surface area (Å²) in [7, 11) is -4.80. The summed E-state index contributed by atoms with van der Waals surface area (Å²) in [6.07, 6.45) is 23.0. The van der Waals surface area contributed by atoms with Gasteiger partial charge in [-0.2, -0.15) is 0 Å². The van der Waals surface area contributed by atoms with E-state index in [1.165, 1.54) is 83.5 Å². The zero-order valence-corrected chi connectivity index (χ0v) is 28.9. The molecule has 230 valence electrons. The quantitative estimate of drug-likeness (QED) is 0.0605. The Morgan fingerprint density at radius 2 is 0.927 bits per heavy atom.